The molecule has 0 saturated heterocycles. The molecule has 1 heteroatoms. The molecule has 0 bridgehead atoms. The summed E-state index contributed by atoms with van der Waals surface area (Å²) in [6.07, 6.45) is 7.39. The first-order valence-corrected chi connectivity index (χ1v) is 7.52. The van der Waals surface area contributed by atoms with Crippen LogP contribution in [0.2, 0.25) is 0 Å². The Hall–Kier alpha value is -0.820. The zero-order valence-corrected chi connectivity index (χ0v) is 11.3. The monoisotopic (exact) mass is 244 g/mol. The lowest BCUT2D eigenvalue weighted by atomic mass is 9.78. The van der Waals surface area contributed by atoms with E-state index in [0.717, 1.165) is 17.4 Å². The molecule has 18 heavy (non-hydrogen) atoms. The van der Waals surface area contributed by atoms with Crippen molar-refractivity contribution in [3.05, 3.63) is 35.4 Å². The van der Waals surface area contributed by atoms with Crippen molar-refractivity contribution in [3.63, 3.8) is 0 Å². The molecule has 1 N–H and O–H groups in total. The van der Waals surface area contributed by atoms with Gasteiger partial charge in [-0.15, -0.1) is 0 Å². The average Bonchev–Trinajstić information content (AvgIpc) is 3.23. The predicted molar refractivity (Wildman–Crippen MR) is 74.5 cm³/mol. The molecule has 0 amide bonds. The van der Waals surface area contributed by atoms with Gasteiger partial charge in [-0.3, -0.25) is 0 Å². The molecule has 1 atom stereocenters. The highest BCUT2D eigenvalue weighted by molar-refractivity contribution is 5.29. The fraction of sp³-hybridized carbons (Fsp3) is 0.647. The highest BCUT2D eigenvalue weighted by Gasteiger charge is 2.27. The number of rotatable bonds is 3. The van der Waals surface area contributed by atoms with Gasteiger partial charge in [-0.25, -0.2) is 0 Å². The molecule has 98 valence electrons. The first-order valence-electron chi connectivity index (χ1n) is 7.52. The molecule has 0 heterocycles. The van der Waals surface area contributed by atoms with E-state index in [-0.39, 0.29) is 6.10 Å². The molecule has 0 spiro atoms. The van der Waals surface area contributed by atoms with Crippen LogP contribution in [0.15, 0.2) is 24.3 Å². The van der Waals surface area contributed by atoms with Crippen LogP contribution in [-0.2, 0) is 0 Å². The lowest BCUT2D eigenvalue weighted by Crippen LogP contribution is -2.19. The number of aliphatic hydroxyl groups excluding tert-OH is 1. The van der Waals surface area contributed by atoms with Gasteiger partial charge in [0.15, 0.2) is 0 Å². The minimum atomic E-state index is -0.245. The summed E-state index contributed by atoms with van der Waals surface area (Å²) >= 11 is 0. The second-order valence-corrected chi connectivity index (χ2v) is 6.41. The topological polar surface area (TPSA) is 20.2 Å². The molecule has 3 rings (SSSR count). The van der Waals surface area contributed by atoms with E-state index in [4.69, 9.17) is 0 Å². The van der Waals surface area contributed by atoms with Crippen LogP contribution in [0, 0.1) is 11.8 Å². The summed E-state index contributed by atoms with van der Waals surface area (Å²) in [6, 6.07) is 8.75. The maximum atomic E-state index is 10.5. The van der Waals surface area contributed by atoms with Gasteiger partial charge in [0, 0.05) is 0 Å². The van der Waals surface area contributed by atoms with Gasteiger partial charge in [0.2, 0.25) is 0 Å². The minimum absolute atomic E-state index is 0.245. The van der Waals surface area contributed by atoms with E-state index < -0.39 is 0 Å². The van der Waals surface area contributed by atoms with Crippen molar-refractivity contribution in [3.8, 4) is 0 Å². The Labute approximate surface area is 110 Å². The maximum absolute atomic E-state index is 10.5. The van der Waals surface area contributed by atoms with Crippen molar-refractivity contribution in [2.24, 2.45) is 11.8 Å². The van der Waals surface area contributed by atoms with Crippen LogP contribution in [0.3, 0.4) is 0 Å². The Morgan fingerprint density at radius 1 is 0.944 bits per heavy atom. The molecule has 2 aliphatic carbocycles. The molecule has 1 aromatic rings. The lowest BCUT2D eigenvalue weighted by molar-refractivity contribution is 0.0755. The SMILES string of the molecule is CC1CCC(C(O)c2ccc(C3CC3)cc2)CC1. The van der Waals surface area contributed by atoms with Gasteiger partial charge in [-0.05, 0) is 54.6 Å². The highest BCUT2D eigenvalue weighted by Crippen LogP contribution is 2.41. The quantitative estimate of drug-likeness (QED) is 0.834. The van der Waals surface area contributed by atoms with Crippen molar-refractivity contribution in [2.75, 3.05) is 0 Å². The van der Waals surface area contributed by atoms with Gasteiger partial charge in [0.25, 0.3) is 0 Å². The van der Waals surface area contributed by atoms with Crippen molar-refractivity contribution in [1.82, 2.24) is 0 Å². The van der Waals surface area contributed by atoms with Crippen LogP contribution in [0.5, 0.6) is 0 Å². The van der Waals surface area contributed by atoms with Gasteiger partial charge in [0.05, 0.1) is 6.10 Å². The van der Waals surface area contributed by atoms with Gasteiger partial charge in [-0.1, -0.05) is 44.0 Å². The van der Waals surface area contributed by atoms with Crippen molar-refractivity contribution >= 4 is 0 Å². The summed E-state index contributed by atoms with van der Waals surface area (Å²) in [5.41, 5.74) is 2.59. The van der Waals surface area contributed by atoms with E-state index in [1.807, 2.05) is 0 Å². The molecular weight excluding hydrogens is 220 g/mol. The first kappa shape index (κ1) is 12.2. The Morgan fingerprint density at radius 2 is 1.56 bits per heavy atom. The van der Waals surface area contributed by atoms with Crippen LogP contribution in [0.25, 0.3) is 0 Å². The zero-order chi connectivity index (χ0) is 12.5. The van der Waals surface area contributed by atoms with E-state index in [2.05, 4.69) is 31.2 Å². The van der Waals surface area contributed by atoms with Crippen molar-refractivity contribution in [1.29, 1.82) is 0 Å². The number of aliphatic hydroxyl groups is 1. The molecule has 0 aromatic heterocycles. The molecule has 0 aliphatic heterocycles. The summed E-state index contributed by atoms with van der Waals surface area (Å²) in [4.78, 5) is 0. The molecule has 1 unspecified atom stereocenters. The third-order valence-corrected chi connectivity index (χ3v) is 4.83. The minimum Gasteiger partial charge on any atom is -0.388 e. The Balaban J connectivity index is 1.65. The van der Waals surface area contributed by atoms with E-state index in [1.54, 1.807) is 0 Å². The summed E-state index contributed by atoms with van der Waals surface area (Å²) in [5, 5.41) is 10.5. The Bertz CT molecular complexity index is 383. The second kappa shape index (κ2) is 5.05. The van der Waals surface area contributed by atoms with Gasteiger partial charge < -0.3 is 5.11 Å². The average molecular weight is 244 g/mol. The fourth-order valence-corrected chi connectivity index (χ4v) is 3.26. The van der Waals surface area contributed by atoms with Crippen LogP contribution < -0.4 is 0 Å². The highest BCUT2D eigenvalue weighted by atomic mass is 16.3. The van der Waals surface area contributed by atoms with E-state index in [9.17, 15) is 5.11 Å². The zero-order valence-electron chi connectivity index (χ0n) is 11.3. The fourth-order valence-electron chi connectivity index (χ4n) is 3.26. The molecular formula is C17H24O. The van der Waals surface area contributed by atoms with Gasteiger partial charge >= 0.3 is 0 Å². The smallest absolute Gasteiger partial charge is 0.0818 e. The van der Waals surface area contributed by atoms with Gasteiger partial charge in [-0.2, -0.15) is 0 Å². The largest absolute Gasteiger partial charge is 0.388 e. The second-order valence-electron chi connectivity index (χ2n) is 6.41. The number of hydrogen-bond donors (Lipinski definition) is 1. The molecule has 1 aromatic carbocycles. The summed E-state index contributed by atoms with van der Waals surface area (Å²) in [7, 11) is 0. The third kappa shape index (κ3) is 2.61. The van der Waals surface area contributed by atoms with Gasteiger partial charge in [0.1, 0.15) is 0 Å². The van der Waals surface area contributed by atoms with Crippen LogP contribution in [-0.4, -0.2) is 5.11 Å². The summed E-state index contributed by atoms with van der Waals surface area (Å²) in [5.74, 6) is 2.14. The lowest BCUT2D eigenvalue weighted by Gasteiger charge is -2.30. The van der Waals surface area contributed by atoms with E-state index in [1.165, 1.54) is 44.1 Å². The molecule has 2 saturated carbocycles. The normalized spacial score (nSPS) is 30.1. The molecule has 0 radical (unpaired) electrons. The van der Waals surface area contributed by atoms with Crippen LogP contribution in [0.1, 0.15) is 68.6 Å². The van der Waals surface area contributed by atoms with Crippen LogP contribution in [0.4, 0.5) is 0 Å². The Kier molecular flexibility index (Phi) is 3.43. The number of hydrogen-bond acceptors (Lipinski definition) is 1. The standard InChI is InChI=1S/C17H24O/c1-12-2-4-15(5-3-12)17(18)16-10-8-14(9-11-16)13-6-7-13/h8-13,15,17-18H,2-7H2,1H3. The summed E-state index contributed by atoms with van der Waals surface area (Å²) in [6.45, 7) is 2.33. The molecule has 1 nitrogen and oxygen atoms in total. The number of benzene rings is 1. The maximum Gasteiger partial charge on any atom is 0.0818 e. The molecule has 2 aliphatic rings. The summed E-state index contributed by atoms with van der Waals surface area (Å²) < 4.78 is 0. The van der Waals surface area contributed by atoms with Crippen LogP contribution >= 0.6 is 0 Å². The first-order chi connectivity index (χ1) is 8.74. The molecule has 2 fully saturated rings. The van der Waals surface area contributed by atoms with E-state index in [0.29, 0.717) is 5.92 Å². The van der Waals surface area contributed by atoms with Crippen molar-refractivity contribution in [2.45, 2.75) is 57.5 Å². The van der Waals surface area contributed by atoms with Crippen molar-refractivity contribution < 1.29 is 5.11 Å². The Morgan fingerprint density at radius 3 is 2.11 bits per heavy atom. The third-order valence-electron chi connectivity index (χ3n) is 4.83. The predicted octanol–water partition coefficient (Wildman–Crippen LogP) is 4.42. The van der Waals surface area contributed by atoms with E-state index >= 15 is 0 Å².